The lowest BCUT2D eigenvalue weighted by molar-refractivity contribution is -0.384. The predicted octanol–water partition coefficient (Wildman–Crippen LogP) is 1.38. The fourth-order valence-electron chi connectivity index (χ4n) is 2.00. The molecule has 2 N–H and O–H groups in total. The van der Waals surface area contributed by atoms with Crippen molar-refractivity contribution in [3.63, 3.8) is 0 Å². The first-order valence-electron chi connectivity index (χ1n) is 7.90. The van der Waals surface area contributed by atoms with Gasteiger partial charge < -0.3 is 20.1 Å². The van der Waals surface area contributed by atoms with Gasteiger partial charge in [-0.3, -0.25) is 19.7 Å². The Labute approximate surface area is 154 Å². The van der Waals surface area contributed by atoms with E-state index in [2.05, 4.69) is 15.6 Å². The van der Waals surface area contributed by atoms with E-state index in [4.69, 9.17) is 9.47 Å². The van der Waals surface area contributed by atoms with Crippen molar-refractivity contribution in [2.75, 3.05) is 32.2 Å². The molecule has 10 nitrogen and oxygen atoms in total. The molecule has 2 amide bonds. The zero-order valence-corrected chi connectivity index (χ0v) is 14.5. The van der Waals surface area contributed by atoms with Crippen molar-refractivity contribution >= 4 is 23.2 Å². The van der Waals surface area contributed by atoms with Gasteiger partial charge in [0.25, 0.3) is 11.6 Å². The van der Waals surface area contributed by atoms with Crippen molar-refractivity contribution in [1.29, 1.82) is 0 Å². The molecule has 0 aliphatic rings. The number of amides is 2. The quantitative estimate of drug-likeness (QED) is 0.385. The summed E-state index contributed by atoms with van der Waals surface area (Å²) in [6, 6.07) is 8.43. The van der Waals surface area contributed by atoms with Crippen molar-refractivity contribution in [3.8, 4) is 5.88 Å². The zero-order chi connectivity index (χ0) is 19.6. The SMILES string of the molecule is COCCOc1ccc(NC(=O)CNC(=O)c2cccc([N+](=O)[O-])c2)cn1. The molecule has 1 aromatic heterocycles. The highest BCUT2D eigenvalue weighted by molar-refractivity contribution is 5.99. The van der Waals surface area contributed by atoms with Crippen LogP contribution in [0, 0.1) is 10.1 Å². The second-order valence-electron chi connectivity index (χ2n) is 5.26. The molecule has 0 fully saturated rings. The second kappa shape index (κ2) is 9.82. The number of non-ortho nitro benzene ring substituents is 1. The van der Waals surface area contributed by atoms with Gasteiger partial charge in [0, 0.05) is 30.9 Å². The number of methoxy groups -OCH3 is 1. The van der Waals surface area contributed by atoms with E-state index in [1.165, 1.54) is 24.4 Å². The van der Waals surface area contributed by atoms with Gasteiger partial charge in [-0.05, 0) is 12.1 Å². The van der Waals surface area contributed by atoms with Crippen LogP contribution in [0.5, 0.6) is 5.88 Å². The van der Waals surface area contributed by atoms with Gasteiger partial charge in [-0.25, -0.2) is 4.98 Å². The second-order valence-corrected chi connectivity index (χ2v) is 5.26. The lowest BCUT2D eigenvalue weighted by Gasteiger charge is -2.08. The molecule has 0 spiro atoms. The highest BCUT2D eigenvalue weighted by atomic mass is 16.6. The van der Waals surface area contributed by atoms with E-state index < -0.39 is 16.7 Å². The molecule has 0 saturated heterocycles. The van der Waals surface area contributed by atoms with E-state index in [1.807, 2.05) is 0 Å². The number of carbonyl (C=O) groups excluding carboxylic acids is 2. The fourth-order valence-corrected chi connectivity index (χ4v) is 2.00. The maximum atomic E-state index is 12.0. The van der Waals surface area contributed by atoms with Crippen LogP contribution in [-0.2, 0) is 9.53 Å². The summed E-state index contributed by atoms with van der Waals surface area (Å²) >= 11 is 0. The standard InChI is InChI=1S/C17H18N4O6/c1-26-7-8-27-16-6-5-13(10-18-16)20-15(22)11-19-17(23)12-3-2-4-14(9-12)21(24)25/h2-6,9-10H,7-8,11H2,1H3,(H,19,23)(H,20,22). The summed E-state index contributed by atoms with van der Waals surface area (Å²) in [5.74, 6) is -0.665. The summed E-state index contributed by atoms with van der Waals surface area (Å²) in [5.41, 5.74) is 0.325. The predicted molar refractivity (Wildman–Crippen MR) is 95.7 cm³/mol. The Bertz CT molecular complexity index is 809. The lowest BCUT2D eigenvalue weighted by Crippen LogP contribution is -2.32. The maximum absolute atomic E-state index is 12.0. The summed E-state index contributed by atoms with van der Waals surface area (Å²) in [6.07, 6.45) is 1.42. The van der Waals surface area contributed by atoms with E-state index in [0.29, 0.717) is 24.8 Å². The van der Waals surface area contributed by atoms with E-state index in [9.17, 15) is 19.7 Å². The van der Waals surface area contributed by atoms with Crippen LogP contribution < -0.4 is 15.4 Å². The number of nitrogens with zero attached hydrogens (tertiary/aromatic N) is 2. The first kappa shape index (κ1) is 19.8. The minimum Gasteiger partial charge on any atom is -0.475 e. The van der Waals surface area contributed by atoms with Gasteiger partial charge >= 0.3 is 0 Å². The van der Waals surface area contributed by atoms with Crippen LogP contribution in [0.3, 0.4) is 0 Å². The first-order chi connectivity index (χ1) is 13.0. The number of nitro benzene ring substituents is 1. The molecule has 142 valence electrons. The Morgan fingerprint density at radius 1 is 1.22 bits per heavy atom. The molecule has 10 heteroatoms. The largest absolute Gasteiger partial charge is 0.475 e. The molecule has 27 heavy (non-hydrogen) atoms. The highest BCUT2D eigenvalue weighted by Gasteiger charge is 2.12. The van der Waals surface area contributed by atoms with Crippen LogP contribution in [0.4, 0.5) is 11.4 Å². The molecular weight excluding hydrogens is 356 g/mol. The van der Waals surface area contributed by atoms with Gasteiger partial charge in [-0.15, -0.1) is 0 Å². The van der Waals surface area contributed by atoms with Gasteiger partial charge in [0.1, 0.15) is 6.61 Å². The molecule has 2 aromatic rings. The fraction of sp³-hybridized carbons (Fsp3) is 0.235. The number of anilines is 1. The number of benzene rings is 1. The van der Waals surface area contributed by atoms with Crippen molar-refractivity contribution < 1.29 is 24.0 Å². The third-order valence-corrected chi connectivity index (χ3v) is 3.29. The van der Waals surface area contributed by atoms with Crippen molar-refractivity contribution in [2.45, 2.75) is 0 Å². The van der Waals surface area contributed by atoms with Gasteiger partial charge in [-0.1, -0.05) is 6.07 Å². The number of ether oxygens (including phenoxy) is 2. The van der Waals surface area contributed by atoms with E-state index in [0.717, 1.165) is 6.07 Å². The molecule has 2 rings (SSSR count). The number of nitro groups is 1. The molecule has 0 bridgehead atoms. The molecule has 0 aliphatic carbocycles. The van der Waals surface area contributed by atoms with E-state index >= 15 is 0 Å². The molecule has 0 saturated carbocycles. The Hall–Kier alpha value is -3.53. The van der Waals surface area contributed by atoms with Crippen LogP contribution in [0.1, 0.15) is 10.4 Å². The topological polar surface area (TPSA) is 133 Å². The molecule has 0 atom stereocenters. The number of hydrogen-bond acceptors (Lipinski definition) is 7. The van der Waals surface area contributed by atoms with Crippen LogP contribution in [0.2, 0.25) is 0 Å². The third-order valence-electron chi connectivity index (χ3n) is 3.29. The summed E-state index contributed by atoms with van der Waals surface area (Å²) in [7, 11) is 1.56. The Kier molecular flexibility index (Phi) is 7.20. The van der Waals surface area contributed by atoms with Crippen LogP contribution in [-0.4, -0.2) is 48.6 Å². The number of hydrogen-bond donors (Lipinski definition) is 2. The van der Waals surface area contributed by atoms with E-state index in [1.54, 1.807) is 19.2 Å². The average molecular weight is 374 g/mol. The van der Waals surface area contributed by atoms with Crippen molar-refractivity contribution in [1.82, 2.24) is 10.3 Å². The van der Waals surface area contributed by atoms with Crippen LogP contribution in [0.15, 0.2) is 42.6 Å². The van der Waals surface area contributed by atoms with Gasteiger partial charge in [0.2, 0.25) is 11.8 Å². The number of nitrogens with one attached hydrogen (secondary N) is 2. The molecule has 0 aliphatic heterocycles. The minimum atomic E-state index is -0.598. The number of rotatable bonds is 9. The maximum Gasteiger partial charge on any atom is 0.270 e. The van der Waals surface area contributed by atoms with Crippen LogP contribution >= 0.6 is 0 Å². The molecule has 1 heterocycles. The number of aromatic nitrogens is 1. The normalized spacial score (nSPS) is 10.1. The Morgan fingerprint density at radius 2 is 2.04 bits per heavy atom. The third kappa shape index (κ3) is 6.36. The van der Waals surface area contributed by atoms with Crippen molar-refractivity contribution in [2.24, 2.45) is 0 Å². The van der Waals surface area contributed by atoms with Gasteiger partial charge in [0.05, 0.1) is 30.0 Å². The average Bonchev–Trinajstić information content (AvgIpc) is 2.67. The molecule has 0 radical (unpaired) electrons. The lowest BCUT2D eigenvalue weighted by atomic mass is 10.2. The Morgan fingerprint density at radius 3 is 2.70 bits per heavy atom. The first-order valence-corrected chi connectivity index (χ1v) is 7.90. The Balaban J connectivity index is 1.82. The summed E-state index contributed by atoms with van der Waals surface area (Å²) < 4.78 is 10.2. The smallest absolute Gasteiger partial charge is 0.270 e. The zero-order valence-electron chi connectivity index (χ0n) is 14.5. The number of pyridine rings is 1. The van der Waals surface area contributed by atoms with Gasteiger partial charge in [-0.2, -0.15) is 0 Å². The van der Waals surface area contributed by atoms with Gasteiger partial charge in [0.15, 0.2) is 0 Å². The highest BCUT2D eigenvalue weighted by Crippen LogP contribution is 2.13. The number of carbonyl (C=O) groups is 2. The molecule has 1 aromatic carbocycles. The van der Waals surface area contributed by atoms with Crippen molar-refractivity contribution in [3.05, 3.63) is 58.3 Å². The van der Waals surface area contributed by atoms with E-state index in [-0.39, 0.29) is 17.8 Å². The minimum absolute atomic E-state index is 0.0937. The summed E-state index contributed by atoms with van der Waals surface area (Å²) in [6.45, 7) is 0.497. The summed E-state index contributed by atoms with van der Waals surface area (Å²) in [4.78, 5) is 38.1. The molecular formula is C17H18N4O6. The monoisotopic (exact) mass is 374 g/mol. The van der Waals surface area contributed by atoms with Crippen LogP contribution in [0.25, 0.3) is 0 Å². The molecule has 0 unspecified atom stereocenters. The summed E-state index contributed by atoms with van der Waals surface area (Å²) in [5, 5.41) is 15.7.